The predicted octanol–water partition coefficient (Wildman–Crippen LogP) is -2.09. The first-order valence-electron chi connectivity index (χ1n) is 5.60. The summed E-state index contributed by atoms with van der Waals surface area (Å²) in [5.74, 6) is -0.328. The van der Waals surface area contributed by atoms with Crippen molar-refractivity contribution in [2.45, 2.75) is 24.5 Å². The Bertz CT molecular complexity index is 542. The minimum Gasteiger partial charge on any atom is -0.394 e. The fraction of sp³-hybridized carbons (Fsp3) is 0.500. The maximum Gasteiger partial charge on any atom is 0.300 e. The second-order valence-electron chi connectivity index (χ2n) is 4.23. The highest BCUT2D eigenvalue weighted by atomic mass is 16.6. The maximum atomic E-state index is 11.5. The number of ether oxygens (including phenoxy) is 1. The second-order valence-corrected chi connectivity index (χ2v) is 4.23. The molecular formula is C10H11N4O5. The summed E-state index contributed by atoms with van der Waals surface area (Å²) < 4.78 is 6.67. The molecular weight excluding hydrogens is 256 g/mol. The van der Waals surface area contributed by atoms with Crippen LogP contribution >= 0.6 is 0 Å². The minimum atomic E-state index is -1.25. The van der Waals surface area contributed by atoms with E-state index in [0.717, 1.165) is 6.34 Å². The minimum absolute atomic E-state index is 0.0558. The van der Waals surface area contributed by atoms with Gasteiger partial charge in [-0.3, -0.25) is 9.36 Å². The van der Waals surface area contributed by atoms with Gasteiger partial charge in [0.05, 0.1) is 12.9 Å². The van der Waals surface area contributed by atoms with Crippen LogP contribution in [0.15, 0.2) is 11.3 Å². The Hall–Kier alpha value is -1.81. The van der Waals surface area contributed by atoms with Crippen LogP contribution in [0.25, 0.3) is 0 Å². The van der Waals surface area contributed by atoms with Crippen LogP contribution in [0.4, 0.5) is 5.82 Å². The van der Waals surface area contributed by atoms with Crippen molar-refractivity contribution in [2.75, 3.05) is 6.61 Å². The number of aliphatic hydroxyl groups excluding tert-OH is 3. The van der Waals surface area contributed by atoms with Crippen molar-refractivity contribution in [1.29, 1.82) is 0 Å². The molecule has 0 spiro atoms. The number of imidazole rings is 1. The molecule has 1 amide bonds. The number of rotatable bonds is 2. The van der Waals surface area contributed by atoms with E-state index in [9.17, 15) is 15.0 Å². The Morgan fingerprint density at radius 3 is 2.84 bits per heavy atom. The van der Waals surface area contributed by atoms with Crippen molar-refractivity contribution >= 4 is 18.1 Å². The quantitative estimate of drug-likeness (QED) is 0.563. The van der Waals surface area contributed by atoms with Crippen molar-refractivity contribution < 1.29 is 24.9 Å². The Kier molecular flexibility index (Phi) is 2.82. The lowest BCUT2D eigenvalue weighted by atomic mass is 10.1. The molecule has 2 aliphatic heterocycles. The highest BCUT2D eigenvalue weighted by molar-refractivity contribution is 6.05. The molecule has 1 aromatic rings. The third kappa shape index (κ3) is 1.75. The van der Waals surface area contributed by atoms with Crippen LogP contribution < -0.4 is 5.32 Å². The molecule has 4 unspecified atom stereocenters. The van der Waals surface area contributed by atoms with Crippen molar-refractivity contribution in [3.8, 4) is 0 Å². The second kappa shape index (κ2) is 4.38. The lowest BCUT2D eigenvalue weighted by Gasteiger charge is -2.18. The highest BCUT2D eigenvalue weighted by Crippen LogP contribution is 2.34. The zero-order chi connectivity index (χ0) is 13.6. The van der Waals surface area contributed by atoms with Gasteiger partial charge < -0.3 is 20.1 Å². The van der Waals surface area contributed by atoms with Gasteiger partial charge in [0, 0.05) is 0 Å². The van der Waals surface area contributed by atoms with Crippen LogP contribution in [0.2, 0.25) is 0 Å². The lowest BCUT2D eigenvalue weighted by Crippen LogP contribution is -2.33. The molecule has 1 fully saturated rings. The number of aromatic nitrogens is 2. The van der Waals surface area contributed by atoms with E-state index < -0.39 is 37.1 Å². The molecule has 101 valence electrons. The Morgan fingerprint density at radius 2 is 2.16 bits per heavy atom. The van der Waals surface area contributed by atoms with E-state index in [1.54, 1.807) is 0 Å². The summed E-state index contributed by atoms with van der Waals surface area (Å²) >= 11 is 0. The number of hydrogen-bond donors (Lipinski definition) is 3. The summed E-state index contributed by atoms with van der Waals surface area (Å²) in [7, 11) is 0. The molecule has 1 saturated heterocycles. The zero-order valence-corrected chi connectivity index (χ0v) is 9.62. The molecule has 9 heteroatoms. The summed E-state index contributed by atoms with van der Waals surface area (Å²) in [5, 5.41) is 32.1. The topological polar surface area (TPSA) is 131 Å². The largest absolute Gasteiger partial charge is 0.394 e. The monoisotopic (exact) mass is 267 g/mol. The summed E-state index contributed by atoms with van der Waals surface area (Å²) in [6.07, 6.45) is -1.97. The van der Waals surface area contributed by atoms with Crippen molar-refractivity contribution in [3.63, 3.8) is 0 Å². The van der Waals surface area contributed by atoms with Crippen LogP contribution in [0.3, 0.4) is 0 Å². The van der Waals surface area contributed by atoms with Gasteiger partial charge >= 0.3 is 5.91 Å². The third-order valence-electron chi connectivity index (χ3n) is 3.12. The fourth-order valence-electron chi connectivity index (χ4n) is 2.13. The molecule has 1 radical (unpaired) electrons. The number of hydrogen-bond acceptors (Lipinski definition) is 7. The van der Waals surface area contributed by atoms with Crippen LogP contribution in [0.1, 0.15) is 16.7 Å². The van der Waals surface area contributed by atoms with Gasteiger partial charge in [-0.05, 0) is 0 Å². The SMILES string of the molecule is O=C1[N]C=Nc2c1ncn2C1OC(CO)C(O)C1O. The molecule has 0 saturated carbocycles. The first kappa shape index (κ1) is 12.2. The maximum absolute atomic E-state index is 11.5. The fourth-order valence-corrected chi connectivity index (χ4v) is 2.13. The first-order chi connectivity index (χ1) is 9.13. The Morgan fingerprint density at radius 1 is 1.37 bits per heavy atom. The van der Waals surface area contributed by atoms with E-state index in [1.807, 2.05) is 0 Å². The standard InChI is InChI=1S/C10H11N4O5/c15-1-4-6(16)7(17)10(19-4)14-3-13-5-8(14)11-2-12-9(5)18/h2-4,6-7,10,15-17H,1H2. The lowest BCUT2D eigenvalue weighted by molar-refractivity contribution is -0.0520. The van der Waals surface area contributed by atoms with E-state index in [1.165, 1.54) is 10.9 Å². The van der Waals surface area contributed by atoms with Gasteiger partial charge in [-0.25, -0.2) is 9.98 Å². The van der Waals surface area contributed by atoms with E-state index in [4.69, 9.17) is 9.84 Å². The number of aliphatic imine (C=N–C) groups is 1. The van der Waals surface area contributed by atoms with E-state index in [2.05, 4.69) is 15.3 Å². The number of aliphatic hydroxyl groups is 3. The third-order valence-corrected chi connectivity index (χ3v) is 3.12. The normalized spacial score (nSPS) is 33.3. The molecule has 1 aromatic heterocycles. The molecule has 0 aliphatic carbocycles. The number of nitrogens with zero attached hydrogens (tertiary/aromatic N) is 4. The molecule has 2 aliphatic rings. The average Bonchev–Trinajstić information content (AvgIpc) is 2.94. The number of fused-ring (bicyclic) bond motifs is 1. The molecule has 9 nitrogen and oxygen atoms in total. The van der Waals surface area contributed by atoms with E-state index in [-0.39, 0.29) is 11.5 Å². The predicted molar refractivity (Wildman–Crippen MR) is 59.9 cm³/mol. The van der Waals surface area contributed by atoms with Crippen LogP contribution in [-0.4, -0.2) is 62.0 Å². The molecule has 19 heavy (non-hydrogen) atoms. The zero-order valence-electron chi connectivity index (χ0n) is 9.62. The molecule has 4 atom stereocenters. The van der Waals surface area contributed by atoms with Gasteiger partial charge in [0.1, 0.15) is 24.7 Å². The first-order valence-corrected chi connectivity index (χ1v) is 5.60. The van der Waals surface area contributed by atoms with E-state index in [0.29, 0.717) is 0 Å². The summed E-state index contributed by atoms with van der Waals surface area (Å²) in [6, 6.07) is 0. The van der Waals surface area contributed by atoms with E-state index >= 15 is 0 Å². The Labute approximate surface area is 107 Å². The van der Waals surface area contributed by atoms with Gasteiger partial charge in [-0.15, -0.1) is 0 Å². The van der Waals surface area contributed by atoms with Gasteiger partial charge in [0.2, 0.25) is 0 Å². The molecule has 0 aromatic carbocycles. The summed E-state index contributed by atoms with van der Waals surface area (Å²) in [5.41, 5.74) is 0.0558. The molecule has 3 heterocycles. The highest BCUT2D eigenvalue weighted by Gasteiger charge is 2.44. The van der Waals surface area contributed by atoms with Crippen molar-refractivity contribution in [3.05, 3.63) is 12.0 Å². The van der Waals surface area contributed by atoms with Crippen LogP contribution in [0, 0.1) is 0 Å². The smallest absolute Gasteiger partial charge is 0.300 e. The molecule has 0 bridgehead atoms. The average molecular weight is 267 g/mol. The number of carbonyl (C=O) groups is 1. The van der Waals surface area contributed by atoms with Gasteiger partial charge in [-0.2, -0.15) is 5.32 Å². The number of amides is 1. The Balaban J connectivity index is 1.97. The van der Waals surface area contributed by atoms with Crippen molar-refractivity contribution in [1.82, 2.24) is 14.9 Å². The molecule has 3 rings (SSSR count). The van der Waals surface area contributed by atoms with Crippen LogP contribution in [-0.2, 0) is 4.74 Å². The van der Waals surface area contributed by atoms with Gasteiger partial charge in [0.15, 0.2) is 17.7 Å². The summed E-state index contributed by atoms with van der Waals surface area (Å²) in [6.45, 7) is -0.427. The van der Waals surface area contributed by atoms with Crippen molar-refractivity contribution in [2.24, 2.45) is 4.99 Å². The molecule has 3 N–H and O–H groups in total. The summed E-state index contributed by atoms with van der Waals surface area (Å²) in [4.78, 5) is 19.2. The van der Waals surface area contributed by atoms with Gasteiger partial charge in [-0.1, -0.05) is 0 Å². The van der Waals surface area contributed by atoms with Crippen LogP contribution in [0.5, 0.6) is 0 Å². The van der Waals surface area contributed by atoms with Gasteiger partial charge in [0.25, 0.3) is 0 Å². The number of carbonyl (C=O) groups excluding carboxylic acids is 1.